The number of anilines is 1. The minimum absolute atomic E-state index is 0.237. The van der Waals surface area contributed by atoms with Gasteiger partial charge < -0.3 is 15.4 Å². The van der Waals surface area contributed by atoms with Gasteiger partial charge in [0.2, 0.25) is 0 Å². The molecule has 0 aliphatic rings. The van der Waals surface area contributed by atoms with Crippen LogP contribution in [0.4, 0.5) is 5.69 Å². The van der Waals surface area contributed by atoms with E-state index in [1.54, 1.807) is 7.11 Å². The van der Waals surface area contributed by atoms with Gasteiger partial charge in [0.05, 0.1) is 7.11 Å². The molecule has 90 valence electrons. The van der Waals surface area contributed by atoms with Crippen LogP contribution in [0.1, 0.15) is 19.8 Å². The van der Waals surface area contributed by atoms with Gasteiger partial charge in [0.15, 0.2) is 0 Å². The van der Waals surface area contributed by atoms with Gasteiger partial charge in [-0.1, -0.05) is 19.4 Å². The van der Waals surface area contributed by atoms with Crippen LogP contribution in [0.2, 0.25) is 0 Å². The van der Waals surface area contributed by atoms with E-state index in [4.69, 9.17) is 10.5 Å². The third kappa shape index (κ3) is 3.74. The van der Waals surface area contributed by atoms with E-state index in [0.29, 0.717) is 0 Å². The lowest BCUT2D eigenvalue weighted by Crippen LogP contribution is -2.35. The fraction of sp³-hybridized carbons (Fsp3) is 0.538. The fourth-order valence-corrected chi connectivity index (χ4v) is 1.77. The lowest BCUT2D eigenvalue weighted by atomic mass is 10.1. The second kappa shape index (κ2) is 6.38. The van der Waals surface area contributed by atoms with E-state index in [-0.39, 0.29) is 6.04 Å². The molecule has 3 nitrogen and oxygen atoms in total. The first kappa shape index (κ1) is 12.8. The summed E-state index contributed by atoms with van der Waals surface area (Å²) in [6.45, 7) is 3.03. The number of hydrogen-bond acceptors (Lipinski definition) is 3. The Hall–Kier alpha value is -1.22. The first-order valence-corrected chi connectivity index (χ1v) is 5.78. The van der Waals surface area contributed by atoms with E-state index in [2.05, 4.69) is 24.9 Å². The molecule has 1 rings (SSSR count). The van der Waals surface area contributed by atoms with Gasteiger partial charge in [-0.15, -0.1) is 0 Å². The summed E-state index contributed by atoms with van der Waals surface area (Å²) in [5, 5.41) is 0. The van der Waals surface area contributed by atoms with Crippen molar-refractivity contribution in [3.8, 4) is 5.75 Å². The molecule has 0 heterocycles. The quantitative estimate of drug-likeness (QED) is 0.802. The minimum atomic E-state index is 0.237. The minimum Gasteiger partial charge on any atom is -0.497 e. The van der Waals surface area contributed by atoms with Crippen molar-refractivity contribution in [1.82, 2.24) is 0 Å². The second-order valence-corrected chi connectivity index (χ2v) is 4.13. The Kier molecular flexibility index (Phi) is 5.12. The molecule has 0 spiro atoms. The predicted octanol–water partition coefficient (Wildman–Crippen LogP) is 2.26. The molecular formula is C13H22N2O. The number of rotatable bonds is 6. The molecule has 1 aromatic rings. The molecule has 0 radical (unpaired) electrons. The zero-order chi connectivity index (χ0) is 12.0. The van der Waals surface area contributed by atoms with Gasteiger partial charge in [0.1, 0.15) is 5.75 Å². The van der Waals surface area contributed by atoms with Crippen LogP contribution >= 0.6 is 0 Å². The Balaban J connectivity index is 2.61. The van der Waals surface area contributed by atoms with Crippen LogP contribution in [0.15, 0.2) is 24.3 Å². The van der Waals surface area contributed by atoms with E-state index in [1.165, 1.54) is 0 Å². The maximum Gasteiger partial charge on any atom is 0.120 e. The summed E-state index contributed by atoms with van der Waals surface area (Å²) in [4.78, 5) is 2.17. The maximum absolute atomic E-state index is 6.02. The molecule has 0 aliphatic heterocycles. The lowest BCUT2D eigenvalue weighted by Gasteiger charge is -2.23. The van der Waals surface area contributed by atoms with E-state index in [1.807, 2.05) is 18.2 Å². The van der Waals surface area contributed by atoms with Crippen molar-refractivity contribution in [2.45, 2.75) is 25.8 Å². The number of methoxy groups -OCH3 is 1. The summed E-state index contributed by atoms with van der Waals surface area (Å²) in [6.07, 6.45) is 2.20. The molecule has 0 saturated carbocycles. The highest BCUT2D eigenvalue weighted by Crippen LogP contribution is 2.19. The predicted molar refractivity (Wildman–Crippen MR) is 69.1 cm³/mol. The highest BCUT2D eigenvalue weighted by Gasteiger charge is 2.07. The van der Waals surface area contributed by atoms with Crippen molar-refractivity contribution >= 4 is 5.69 Å². The third-order valence-electron chi connectivity index (χ3n) is 2.66. The number of nitrogens with two attached hydrogens (primary N) is 1. The second-order valence-electron chi connectivity index (χ2n) is 4.13. The highest BCUT2D eigenvalue weighted by molar-refractivity contribution is 5.50. The Bertz CT molecular complexity index is 315. The van der Waals surface area contributed by atoms with E-state index < -0.39 is 0 Å². The normalized spacial score (nSPS) is 12.2. The van der Waals surface area contributed by atoms with Crippen LogP contribution in [-0.4, -0.2) is 26.7 Å². The van der Waals surface area contributed by atoms with Gasteiger partial charge in [-0.25, -0.2) is 0 Å². The summed E-state index contributed by atoms with van der Waals surface area (Å²) < 4.78 is 5.20. The van der Waals surface area contributed by atoms with Gasteiger partial charge in [-0.05, 0) is 18.6 Å². The van der Waals surface area contributed by atoms with E-state index >= 15 is 0 Å². The average molecular weight is 222 g/mol. The summed E-state index contributed by atoms with van der Waals surface area (Å²) in [6, 6.07) is 8.28. The molecule has 0 fully saturated rings. The van der Waals surface area contributed by atoms with E-state index in [9.17, 15) is 0 Å². The van der Waals surface area contributed by atoms with Crippen molar-refractivity contribution < 1.29 is 4.74 Å². The monoisotopic (exact) mass is 222 g/mol. The molecule has 0 bridgehead atoms. The molecule has 0 saturated heterocycles. The molecule has 0 aromatic heterocycles. The first-order valence-electron chi connectivity index (χ1n) is 5.78. The Labute approximate surface area is 98.2 Å². The molecule has 0 amide bonds. The van der Waals surface area contributed by atoms with Crippen molar-refractivity contribution in [3.63, 3.8) is 0 Å². The Morgan fingerprint density at radius 1 is 1.44 bits per heavy atom. The standard InChI is InChI=1S/C13H22N2O/c1-4-6-11(14)10-15(2)12-7-5-8-13(9-12)16-3/h5,7-9,11H,4,6,10,14H2,1-3H3. The SMILES string of the molecule is CCCC(N)CN(C)c1cccc(OC)c1. The smallest absolute Gasteiger partial charge is 0.120 e. The summed E-state index contributed by atoms with van der Waals surface area (Å²) >= 11 is 0. The summed E-state index contributed by atoms with van der Waals surface area (Å²) in [5.41, 5.74) is 7.16. The molecule has 1 aromatic carbocycles. The van der Waals surface area contributed by atoms with Crippen molar-refractivity contribution in [2.75, 3.05) is 25.6 Å². The topological polar surface area (TPSA) is 38.5 Å². The lowest BCUT2D eigenvalue weighted by molar-refractivity contribution is 0.415. The summed E-state index contributed by atoms with van der Waals surface area (Å²) in [5.74, 6) is 0.883. The number of ether oxygens (including phenoxy) is 1. The van der Waals surface area contributed by atoms with Gasteiger partial charge in [-0.2, -0.15) is 0 Å². The van der Waals surface area contributed by atoms with Crippen LogP contribution in [0.3, 0.4) is 0 Å². The van der Waals surface area contributed by atoms with Gasteiger partial charge in [0.25, 0.3) is 0 Å². The number of likely N-dealkylation sites (N-methyl/N-ethyl adjacent to an activating group) is 1. The number of benzene rings is 1. The summed E-state index contributed by atoms with van der Waals surface area (Å²) in [7, 11) is 3.74. The van der Waals surface area contributed by atoms with Crippen LogP contribution in [0.5, 0.6) is 5.75 Å². The molecule has 2 N–H and O–H groups in total. The maximum atomic E-state index is 6.02. The van der Waals surface area contributed by atoms with Gasteiger partial charge in [-0.3, -0.25) is 0 Å². The zero-order valence-corrected chi connectivity index (χ0v) is 10.4. The van der Waals surface area contributed by atoms with Crippen LogP contribution in [0, 0.1) is 0 Å². The first-order chi connectivity index (χ1) is 7.67. The van der Waals surface area contributed by atoms with E-state index in [0.717, 1.165) is 30.8 Å². The van der Waals surface area contributed by atoms with Crippen LogP contribution < -0.4 is 15.4 Å². The Morgan fingerprint density at radius 3 is 2.81 bits per heavy atom. The third-order valence-corrected chi connectivity index (χ3v) is 2.66. The Morgan fingerprint density at radius 2 is 2.19 bits per heavy atom. The highest BCUT2D eigenvalue weighted by atomic mass is 16.5. The molecule has 0 aliphatic carbocycles. The molecule has 16 heavy (non-hydrogen) atoms. The fourth-order valence-electron chi connectivity index (χ4n) is 1.77. The van der Waals surface area contributed by atoms with Crippen LogP contribution in [-0.2, 0) is 0 Å². The zero-order valence-electron chi connectivity index (χ0n) is 10.4. The van der Waals surface area contributed by atoms with Gasteiger partial charge in [0, 0.05) is 31.4 Å². The molecule has 1 unspecified atom stereocenters. The molecule has 1 atom stereocenters. The average Bonchev–Trinajstić information content (AvgIpc) is 2.29. The number of nitrogens with zero attached hydrogens (tertiary/aromatic N) is 1. The van der Waals surface area contributed by atoms with Crippen molar-refractivity contribution in [2.24, 2.45) is 5.73 Å². The van der Waals surface area contributed by atoms with Crippen LogP contribution in [0.25, 0.3) is 0 Å². The molecular weight excluding hydrogens is 200 g/mol. The van der Waals surface area contributed by atoms with Crippen molar-refractivity contribution in [1.29, 1.82) is 0 Å². The number of hydrogen-bond donors (Lipinski definition) is 1. The molecule has 3 heteroatoms. The van der Waals surface area contributed by atoms with Gasteiger partial charge >= 0.3 is 0 Å². The van der Waals surface area contributed by atoms with Crippen molar-refractivity contribution in [3.05, 3.63) is 24.3 Å². The largest absolute Gasteiger partial charge is 0.497 e.